The normalized spacial score (nSPS) is 25.3. The number of aromatic nitrogens is 6. The third-order valence-electron chi connectivity index (χ3n) is 8.62. The number of nitrogens with zero attached hydrogens (tertiary/aromatic N) is 6. The number of carbonyl (C=O) groups excluding carboxylic acids is 2. The summed E-state index contributed by atoms with van der Waals surface area (Å²) >= 11 is 0. The fourth-order valence-corrected chi connectivity index (χ4v) is 7.86. The number of hydrogen-bond donors (Lipinski definition) is 7. The number of rotatable bonds is 19. The number of aliphatic hydroxyl groups excluding tert-OH is 1. The van der Waals surface area contributed by atoms with E-state index < -0.39 is 117 Å². The summed E-state index contributed by atoms with van der Waals surface area (Å²) in [5.41, 5.74) is 10.7. The van der Waals surface area contributed by atoms with Crippen LogP contribution in [0.2, 0.25) is 0 Å². The summed E-state index contributed by atoms with van der Waals surface area (Å²) in [6, 6.07) is -0.286. The predicted octanol–water partition coefficient (Wildman–Crippen LogP) is -1.80. The number of sulfone groups is 1. The Morgan fingerprint density at radius 3 is 2.52 bits per heavy atom. The number of phosphoric acid groups is 2. The highest BCUT2D eigenvalue weighted by Gasteiger charge is 2.50. The fourth-order valence-electron chi connectivity index (χ4n) is 5.90. The Kier molecular flexibility index (Phi) is 14.2. The number of nitrogens with two attached hydrogens (primary N) is 2. The van der Waals surface area contributed by atoms with E-state index in [-0.39, 0.29) is 42.1 Å². The molecule has 9 atom stereocenters. The van der Waals surface area contributed by atoms with E-state index in [2.05, 4.69) is 36.4 Å². The van der Waals surface area contributed by atoms with Gasteiger partial charge < -0.3 is 50.8 Å². The number of nitrogens with one attached hydrogen (secondary N) is 1. The molecule has 2 fully saturated rings. The second-order valence-corrected chi connectivity index (χ2v) is 17.9. The summed E-state index contributed by atoms with van der Waals surface area (Å²) in [5, 5.41) is 13.9. The second-order valence-electron chi connectivity index (χ2n) is 13.0. The minimum absolute atomic E-state index is 0.0291. The van der Waals surface area contributed by atoms with Crippen LogP contribution in [0.25, 0.3) is 11.2 Å². The first kappa shape index (κ1) is 44.9. The molecule has 29 heteroatoms. The molecule has 3 aromatic rings. The minimum Gasteiger partial charge on any atom is -0.455 e. The summed E-state index contributed by atoms with van der Waals surface area (Å²) in [6.45, 7) is 1.70. The van der Waals surface area contributed by atoms with Gasteiger partial charge in [-0.25, -0.2) is 42.1 Å². The zero-order chi connectivity index (χ0) is 42.6. The Balaban J connectivity index is 1.38. The molecule has 26 nitrogen and oxygen atoms in total. The maximum absolute atomic E-state index is 13.6. The highest BCUT2D eigenvalue weighted by molar-refractivity contribution is 7.90. The lowest BCUT2D eigenvalue weighted by atomic mass is 10.1. The number of anilines is 2. The van der Waals surface area contributed by atoms with E-state index in [0.29, 0.717) is 0 Å². The van der Waals surface area contributed by atoms with Crippen LogP contribution in [0.5, 0.6) is 0 Å². The van der Waals surface area contributed by atoms with Crippen molar-refractivity contribution in [3.05, 3.63) is 48.1 Å². The van der Waals surface area contributed by atoms with Crippen molar-refractivity contribution >= 4 is 60.2 Å². The van der Waals surface area contributed by atoms with Gasteiger partial charge in [0.25, 0.3) is 0 Å². The van der Waals surface area contributed by atoms with Gasteiger partial charge >= 0.3 is 27.3 Å². The van der Waals surface area contributed by atoms with Gasteiger partial charge in [0.15, 0.2) is 23.8 Å². The standard InChI is InChI=1S/C29H41N9O17P2S/c1-3-4-5-20(39)35-15(7-9-58(2,48)49)28(41)54-24-18(53-27(23(24)40)38-14-34-22-25(31)32-13-33-26(22)38)12-51-57(46,47)55-16-10-21(37-8-6-19(30)36-29(37)42)52-17(16)11-50-56(43,44)45/h3,6,8,13-18,21,23-24,27,40H,1,4-5,7,9-12H2,2H3,(H,35,39)(H,46,47)(H2,30,36,42)(H2,31,32,33)(H2,43,44,45)/t15-,16-,17+,18+,21+,23+,24+,27+/m0/s1. The van der Waals surface area contributed by atoms with Crippen LogP contribution in [-0.2, 0) is 56.3 Å². The van der Waals surface area contributed by atoms with Crippen LogP contribution in [0.15, 0.2) is 42.4 Å². The van der Waals surface area contributed by atoms with Gasteiger partial charge in [-0.05, 0) is 18.9 Å². The van der Waals surface area contributed by atoms with Crippen molar-refractivity contribution in [2.24, 2.45) is 0 Å². The van der Waals surface area contributed by atoms with E-state index in [1.54, 1.807) is 0 Å². The van der Waals surface area contributed by atoms with Gasteiger partial charge in [-0.3, -0.25) is 27.5 Å². The SMILES string of the molecule is C=CCCC(=O)N[C@@H](CCS(C)(=O)=O)C(=O)O[C@H]1[C@@H](O)[C@H](n2cnc3c(N)ncnc32)O[C@@H]1COP(=O)(O)O[C@H]1C[C@H](n2ccc(N)nc2=O)O[C@@H]1COP(=O)(O)O. The molecule has 2 saturated heterocycles. The number of nitrogen functional groups attached to an aromatic ring is 2. The number of imidazole rings is 1. The van der Waals surface area contributed by atoms with Gasteiger partial charge in [-0.15, -0.1) is 6.58 Å². The largest absolute Gasteiger partial charge is 0.472 e. The van der Waals surface area contributed by atoms with Crippen LogP contribution in [0.1, 0.15) is 38.1 Å². The smallest absolute Gasteiger partial charge is 0.455 e. The van der Waals surface area contributed by atoms with Crippen LogP contribution in [-0.4, -0.2) is 131 Å². The summed E-state index contributed by atoms with van der Waals surface area (Å²) < 4.78 is 83.3. The molecule has 0 saturated carbocycles. The van der Waals surface area contributed by atoms with Gasteiger partial charge in [-0.1, -0.05) is 6.08 Å². The molecule has 320 valence electrons. The topological polar surface area (TPSA) is 381 Å². The van der Waals surface area contributed by atoms with Crippen LogP contribution in [0, 0.1) is 0 Å². The first-order valence-corrected chi connectivity index (χ1v) is 22.1. The predicted molar refractivity (Wildman–Crippen MR) is 195 cm³/mol. The number of amides is 1. The quantitative estimate of drug-likeness (QED) is 0.0397. The van der Waals surface area contributed by atoms with Gasteiger partial charge in [0.1, 0.15) is 64.2 Å². The molecule has 9 N–H and O–H groups in total. The van der Waals surface area contributed by atoms with Crippen molar-refractivity contribution in [3.63, 3.8) is 0 Å². The molecule has 0 radical (unpaired) electrons. The zero-order valence-corrected chi connectivity index (χ0v) is 33.0. The zero-order valence-electron chi connectivity index (χ0n) is 30.4. The summed E-state index contributed by atoms with van der Waals surface area (Å²) in [5.74, 6) is -2.54. The number of fused-ring (bicyclic) bond motifs is 1. The number of allylic oxidation sites excluding steroid dienone is 1. The molecule has 2 aliphatic rings. The maximum atomic E-state index is 13.6. The lowest BCUT2D eigenvalue weighted by molar-refractivity contribution is -0.160. The molecule has 0 spiro atoms. The Labute approximate surface area is 328 Å². The molecule has 0 bridgehead atoms. The van der Waals surface area contributed by atoms with Gasteiger partial charge in [-0.2, -0.15) is 4.98 Å². The van der Waals surface area contributed by atoms with Gasteiger partial charge in [0.05, 0.1) is 25.3 Å². The van der Waals surface area contributed by atoms with Crippen molar-refractivity contribution in [3.8, 4) is 0 Å². The van der Waals surface area contributed by atoms with E-state index in [9.17, 15) is 51.7 Å². The number of ether oxygens (including phenoxy) is 3. The molecule has 5 heterocycles. The number of phosphoric ester groups is 2. The molecular weight excluding hydrogens is 840 g/mol. The molecule has 1 amide bonds. The Morgan fingerprint density at radius 2 is 1.84 bits per heavy atom. The Bertz CT molecular complexity index is 2260. The van der Waals surface area contributed by atoms with Crippen LogP contribution >= 0.6 is 15.6 Å². The molecule has 2 aliphatic heterocycles. The van der Waals surface area contributed by atoms with Gasteiger partial charge in [0, 0.05) is 25.3 Å². The monoisotopic (exact) mass is 881 g/mol. The molecule has 58 heavy (non-hydrogen) atoms. The molecule has 0 aliphatic carbocycles. The molecule has 5 rings (SSSR count). The average Bonchev–Trinajstić information content (AvgIpc) is 3.82. The molecule has 0 aromatic carbocycles. The summed E-state index contributed by atoms with van der Waals surface area (Å²) in [6.07, 6.45) is -5.67. The van der Waals surface area contributed by atoms with E-state index in [4.69, 9.17) is 34.7 Å². The summed E-state index contributed by atoms with van der Waals surface area (Å²) in [7, 11) is -14.0. The third-order valence-corrected chi connectivity index (χ3v) is 11.1. The van der Waals surface area contributed by atoms with E-state index >= 15 is 0 Å². The van der Waals surface area contributed by atoms with Crippen molar-refractivity contribution in [1.82, 2.24) is 34.4 Å². The average molecular weight is 882 g/mol. The maximum Gasteiger partial charge on any atom is 0.472 e. The van der Waals surface area contributed by atoms with E-state index in [1.807, 2.05) is 0 Å². The highest BCUT2D eigenvalue weighted by Crippen LogP contribution is 2.50. The fraction of sp³-hybridized carbons (Fsp3) is 0.552. The molecular formula is C29H41N9O17P2S. The first-order valence-electron chi connectivity index (χ1n) is 17.1. The second kappa shape index (κ2) is 18.4. The van der Waals surface area contributed by atoms with Gasteiger partial charge in [0.2, 0.25) is 5.91 Å². The Morgan fingerprint density at radius 1 is 1.12 bits per heavy atom. The molecule has 1 unspecified atom stereocenters. The lowest BCUT2D eigenvalue weighted by Crippen LogP contribution is -2.47. The van der Waals surface area contributed by atoms with Crippen LogP contribution in [0.3, 0.4) is 0 Å². The number of aliphatic hydroxyl groups is 1. The number of carbonyl (C=O) groups is 2. The van der Waals surface area contributed by atoms with Crippen LogP contribution < -0.4 is 22.5 Å². The highest BCUT2D eigenvalue weighted by atomic mass is 32.2. The lowest BCUT2D eigenvalue weighted by Gasteiger charge is -2.25. The van der Waals surface area contributed by atoms with Crippen molar-refractivity contribution in [2.75, 3.05) is 36.7 Å². The van der Waals surface area contributed by atoms with Crippen LogP contribution in [0.4, 0.5) is 11.6 Å². The van der Waals surface area contributed by atoms with Crippen molar-refractivity contribution in [2.45, 2.75) is 74.7 Å². The Hall–Kier alpha value is -4.24. The number of hydrogen-bond acceptors (Lipinski definition) is 20. The van der Waals surface area contributed by atoms with E-state index in [0.717, 1.165) is 17.2 Å². The van der Waals surface area contributed by atoms with Crippen molar-refractivity contribution in [1.29, 1.82) is 0 Å². The molecule has 3 aromatic heterocycles. The number of esters is 1. The first-order chi connectivity index (χ1) is 27.1. The van der Waals surface area contributed by atoms with E-state index in [1.165, 1.54) is 29.2 Å². The summed E-state index contributed by atoms with van der Waals surface area (Å²) in [4.78, 5) is 83.7. The minimum atomic E-state index is -5.26. The third kappa shape index (κ3) is 11.7. The van der Waals surface area contributed by atoms with Crippen molar-refractivity contribution < 1.29 is 74.7 Å².